The van der Waals surface area contributed by atoms with E-state index in [9.17, 15) is 14.3 Å². The summed E-state index contributed by atoms with van der Waals surface area (Å²) in [6, 6.07) is 11.4. The Labute approximate surface area is 116 Å². The van der Waals surface area contributed by atoms with Gasteiger partial charge in [-0.3, -0.25) is 9.69 Å². The molecule has 1 aliphatic heterocycles. The van der Waals surface area contributed by atoms with Crippen molar-refractivity contribution in [2.45, 2.75) is 19.6 Å². The minimum atomic E-state index is -1.02. The minimum Gasteiger partial charge on any atom is -0.369 e. The monoisotopic (exact) mass is 271 g/mol. The Morgan fingerprint density at radius 3 is 2.70 bits per heavy atom. The van der Waals surface area contributed by atoms with Crippen molar-refractivity contribution in [3.63, 3.8) is 0 Å². The largest absolute Gasteiger partial charge is 0.369 e. The van der Waals surface area contributed by atoms with Gasteiger partial charge in [-0.15, -0.1) is 0 Å². The first-order valence-electron chi connectivity index (χ1n) is 6.52. The number of carbonyl (C=O) groups is 1. The molecule has 0 radical (unpaired) electrons. The minimum absolute atomic E-state index is 0.262. The summed E-state index contributed by atoms with van der Waals surface area (Å²) in [6.45, 7) is 1.85. The molecular weight excluding hydrogens is 257 g/mol. The first-order valence-corrected chi connectivity index (χ1v) is 6.52. The first kappa shape index (κ1) is 12.8. The smallest absolute Gasteiger partial charge is 0.261 e. The molecule has 0 saturated heterocycles. The topological polar surface area (TPSA) is 40.5 Å². The van der Waals surface area contributed by atoms with Gasteiger partial charge in [0.05, 0.1) is 0 Å². The Bertz CT molecular complexity index is 684. The highest BCUT2D eigenvalue weighted by Crippen LogP contribution is 2.36. The molecular formula is C16H14FNO2. The van der Waals surface area contributed by atoms with E-state index < -0.39 is 6.23 Å². The van der Waals surface area contributed by atoms with Gasteiger partial charge in [0.15, 0.2) is 6.23 Å². The summed E-state index contributed by atoms with van der Waals surface area (Å²) in [5, 5.41) is 10.3. The van der Waals surface area contributed by atoms with E-state index >= 15 is 0 Å². The summed E-state index contributed by atoms with van der Waals surface area (Å²) in [6.07, 6.45) is -0.487. The molecule has 2 aromatic rings. The van der Waals surface area contributed by atoms with Crippen molar-refractivity contribution < 1.29 is 14.3 Å². The zero-order valence-corrected chi connectivity index (χ0v) is 11.0. The van der Waals surface area contributed by atoms with E-state index in [0.717, 1.165) is 0 Å². The zero-order chi connectivity index (χ0) is 14.3. The standard InChI is InChI=1S/C16H14FNO2/c1-2-10-9-11(7-8-14(10)17)18-15(19)12-5-3-4-6-13(12)16(18)20/h3-9,15,19H,2H2,1H3. The third-order valence-corrected chi connectivity index (χ3v) is 3.62. The summed E-state index contributed by atoms with van der Waals surface area (Å²) < 4.78 is 13.5. The number of benzene rings is 2. The fourth-order valence-electron chi connectivity index (χ4n) is 2.54. The molecule has 0 bridgehead atoms. The van der Waals surface area contributed by atoms with Crippen LogP contribution in [0.3, 0.4) is 0 Å². The van der Waals surface area contributed by atoms with Gasteiger partial charge in [-0.05, 0) is 36.2 Å². The van der Waals surface area contributed by atoms with Gasteiger partial charge in [-0.2, -0.15) is 0 Å². The number of hydrogen-bond acceptors (Lipinski definition) is 2. The second kappa shape index (κ2) is 4.72. The van der Waals surface area contributed by atoms with Crippen LogP contribution < -0.4 is 4.90 Å². The van der Waals surface area contributed by atoms with Crippen molar-refractivity contribution in [2.24, 2.45) is 0 Å². The number of aliphatic hydroxyl groups is 1. The SMILES string of the molecule is CCc1cc(N2C(=O)c3ccccc3C2O)ccc1F. The Morgan fingerprint density at radius 2 is 2.00 bits per heavy atom. The third-order valence-electron chi connectivity index (χ3n) is 3.62. The molecule has 20 heavy (non-hydrogen) atoms. The summed E-state index contributed by atoms with van der Waals surface area (Å²) in [5.74, 6) is -0.559. The molecule has 1 amide bonds. The van der Waals surface area contributed by atoms with Crippen molar-refractivity contribution in [3.05, 3.63) is 65.0 Å². The lowest BCUT2D eigenvalue weighted by molar-refractivity contribution is 0.0935. The van der Waals surface area contributed by atoms with Crippen LogP contribution in [-0.2, 0) is 6.42 Å². The third kappa shape index (κ3) is 1.80. The average molecular weight is 271 g/mol. The molecule has 1 aliphatic rings. The van der Waals surface area contributed by atoms with Crippen LogP contribution in [-0.4, -0.2) is 11.0 Å². The van der Waals surface area contributed by atoms with E-state index in [4.69, 9.17) is 0 Å². The molecule has 2 aromatic carbocycles. The highest BCUT2D eigenvalue weighted by atomic mass is 19.1. The first-order chi connectivity index (χ1) is 9.63. The van der Waals surface area contributed by atoms with Crippen LogP contribution in [0.4, 0.5) is 10.1 Å². The number of aliphatic hydroxyl groups excluding tert-OH is 1. The number of carbonyl (C=O) groups excluding carboxylic acids is 1. The quantitative estimate of drug-likeness (QED) is 0.912. The summed E-state index contributed by atoms with van der Waals surface area (Å²) in [5.41, 5.74) is 2.11. The van der Waals surface area contributed by atoms with E-state index in [0.29, 0.717) is 28.8 Å². The molecule has 0 aromatic heterocycles. The van der Waals surface area contributed by atoms with Crippen molar-refractivity contribution in [2.75, 3.05) is 4.90 Å². The molecule has 1 atom stereocenters. The van der Waals surface area contributed by atoms with Crippen LogP contribution in [0.2, 0.25) is 0 Å². The molecule has 1 unspecified atom stereocenters. The Kier molecular flexibility index (Phi) is 3.03. The van der Waals surface area contributed by atoms with Crippen molar-refractivity contribution in [3.8, 4) is 0 Å². The fraction of sp³-hybridized carbons (Fsp3) is 0.188. The van der Waals surface area contributed by atoms with E-state index in [1.165, 1.54) is 17.0 Å². The number of amides is 1. The van der Waals surface area contributed by atoms with Crippen molar-refractivity contribution in [1.29, 1.82) is 0 Å². The van der Waals surface area contributed by atoms with E-state index in [1.807, 2.05) is 6.92 Å². The van der Waals surface area contributed by atoms with Gasteiger partial charge in [0.25, 0.3) is 5.91 Å². The van der Waals surface area contributed by atoms with Crippen LogP contribution in [0.25, 0.3) is 0 Å². The second-order valence-corrected chi connectivity index (χ2v) is 4.77. The Morgan fingerprint density at radius 1 is 1.25 bits per heavy atom. The number of fused-ring (bicyclic) bond motifs is 1. The van der Waals surface area contributed by atoms with Gasteiger partial charge in [0, 0.05) is 16.8 Å². The number of hydrogen-bond donors (Lipinski definition) is 1. The van der Waals surface area contributed by atoms with E-state index in [1.54, 1.807) is 30.3 Å². The van der Waals surface area contributed by atoms with Crippen LogP contribution in [0.1, 0.15) is 34.6 Å². The maximum Gasteiger partial charge on any atom is 0.261 e. The molecule has 102 valence electrons. The van der Waals surface area contributed by atoms with Crippen molar-refractivity contribution >= 4 is 11.6 Å². The summed E-state index contributed by atoms with van der Waals surface area (Å²) >= 11 is 0. The van der Waals surface area contributed by atoms with Crippen LogP contribution in [0.5, 0.6) is 0 Å². The zero-order valence-electron chi connectivity index (χ0n) is 11.0. The van der Waals surface area contributed by atoms with Gasteiger partial charge in [0.2, 0.25) is 0 Å². The maximum absolute atomic E-state index is 13.5. The van der Waals surface area contributed by atoms with Gasteiger partial charge in [-0.1, -0.05) is 25.1 Å². The summed E-state index contributed by atoms with van der Waals surface area (Å²) in [7, 11) is 0. The van der Waals surface area contributed by atoms with Crippen LogP contribution in [0.15, 0.2) is 42.5 Å². The maximum atomic E-state index is 13.5. The van der Waals surface area contributed by atoms with Gasteiger partial charge >= 0.3 is 0 Å². The molecule has 0 saturated carbocycles. The normalized spacial score (nSPS) is 17.4. The molecule has 0 aliphatic carbocycles. The van der Waals surface area contributed by atoms with E-state index in [-0.39, 0.29) is 11.7 Å². The molecule has 1 heterocycles. The average Bonchev–Trinajstić information content (AvgIpc) is 2.72. The lowest BCUT2D eigenvalue weighted by Crippen LogP contribution is -2.27. The number of aryl methyl sites for hydroxylation is 1. The van der Waals surface area contributed by atoms with Gasteiger partial charge in [-0.25, -0.2) is 4.39 Å². The van der Waals surface area contributed by atoms with Gasteiger partial charge < -0.3 is 5.11 Å². The lowest BCUT2D eigenvalue weighted by Gasteiger charge is -2.21. The molecule has 3 nitrogen and oxygen atoms in total. The predicted molar refractivity (Wildman–Crippen MR) is 74.0 cm³/mol. The highest BCUT2D eigenvalue weighted by Gasteiger charge is 2.36. The van der Waals surface area contributed by atoms with Crippen LogP contribution in [0, 0.1) is 5.82 Å². The van der Waals surface area contributed by atoms with Gasteiger partial charge in [0.1, 0.15) is 5.82 Å². The number of anilines is 1. The Hall–Kier alpha value is -2.20. The molecule has 4 heteroatoms. The molecule has 0 fully saturated rings. The summed E-state index contributed by atoms with van der Waals surface area (Å²) in [4.78, 5) is 13.7. The predicted octanol–water partition coefficient (Wildman–Crippen LogP) is 3.04. The van der Waals surface area contributed by atoms with E-state index in [2.05, 4.69) is 0 Å². The second-order valence-electron chi connectivity index (χ2n) is 4.77. The number of nitrogens with zero attached hydrogens (tertiary/aromatic N) is 1. The van der Waals surface area contributed by atoms with Crippen LogP contribution >= 0.6 is 0 Å². The molecule has 3 rings (SSSR count). The van der Waals surface area contributed by atoms with Crippen molar-refractivity contribution in [1.82, 2.24) is 0 Å². The Balaban J connectivity index is 2.07. The molecule has 0 spiro atoms. The fourth-order valence-corrected chi connectivity index (χ4v) is 2.54. The highest BCUT2D eigenvalue weighted by molar-refractivity contribution is 6.10. The number of halogens is 1. The number of rotatable bonds is 2. The lowest BCUT2D eigenvalue weighted by atomic mass is 10.1. The molecule has 1 N–H and O–H groups in total.